The Bertz CT molecular complexity index is 574. The van der Waals surface area contributed by atoms with Gasteiger partial charge in [0.05, 0.1) is 7.11 Å². The molecule has 5 heteroatoms. The Balaban J connectivity index is 0.00000225. The van der Waals surface area contributed by atoms with E-state index in [1.165, 1.54) is 24.0 Å². The van der Waals surface area contributed by atoms with Crippen molar-refractivity contribution < 1.29 is 14.2 Å². The summed E-state index contributed by atoms with van der Waals surface area (Å²) in [6, 6.07) is 7.15. The smallest absolute Gasteiger partial charge is 0.169 e. The maximum absolute atomic E-state index is 5.47. The molecular formula is C20H32ClNO3. The highest BCUT2D eigenvalue weighted by Gasteiger charge is 2.46. The number of hydrogen-bond acceptors (Lipinski definition) is 4. The van der Waals surface area contributed by atoms with E-state index in [0.717, 1.165) is 25.3 Å². The highest BCUT2D eigenvalue weighted by molar-refractivity contribution is 5.85. The van der Waals surface area contributed by atoms with Crippen molar-refractivity contribution in [2.45, 2.75) is 50.9 Å². The topological polar surface area (TPSA) is 30.9 Å². The summed E-state index contributed by atoms with van der Waals surface area (Å²) in [5.74, 6) is 1.62. The van der Waals surface area contributed by atoms with E-state index in [1.807, 2.05) is 0 Å². The van der Waals surface area contributed by atoms with Crippen LogP contribution in [0, 0.1) is 5.92 Å². The number of hydrogen-bond donors (Lipinski definition) is 0. The van der Waals surface area contributed by atoms with Crippen molar-refractivity contribution in [3.63, 3.8) is 0 Å². The van der Waals surface area contributed by atoms with Crippen LogP contribution in [0.4, 0.5) is 0 Å². The summed E-state index contributed by atoms with van der Waals surface area (Å²) in [5.41, 5.74) is 3.07. The van der Waals surface area contributed by atoms with Gasteiger partial charge in [-0.25, -0.2) is 0 Å². The van der Waals surface area contributed by atoms with Gasteiger partial charge in [-0.1, -0.05) is 19.9 Å². The molecule has 0 aromatic heterocycles. The van der Waals surface area contributed by atoms with Crippen LogP contribution in [0.25, 0.3) is 0 Å². The molecule has 1 heterocycles. The van der Waals surface area contributed by atoms with E-state index in [0.29, 0.717) is 12.0 Å². The maximum Gasteiger partial charge on any atom is 0.169 e. The van der Waals surface area contributed by atoms with Crippen LogP contribution >= 0.6 is 12.4 Å². The van der Waals surface area contributed by atoms with E-state index in [4.69, 9.17) is 14.2 Å². The normalized spacial score (nSPS) is 25.0. The molecule has 1 aliphatic heterocycles. The van der Waals surface area contributed by atoms with Crippen molar-refractivity contribution in [3.8, 4) is 5.75 Å². The number of methoxy groups -OCH3 is 3. The van der Waals surface area contributed by atoms with E-state index in [2.05, 4.69) is 36.9 Å². The minimum absolute atomic E-state index is 0. The van der Waals surface area contributed by atoms with Crippen LogP contribution in [0.15, 0.2) is 18.2 Å². The average molecular weight is 370 g/mol. The summed E-state index contributed by atoms with van der Waals surface area (Å²) >= 11 is 0. The number of halogens is 1. The van der Waals surface area contributed by atoms with Crippen LogP contribution < -0.4 is 4.74 Å². The number of fused-ring (bicyclic) bond motifs is 2. The molecule has 1 aliphatic carbocycles. The first-order valence-corrected chi connectivity index (χ1v) is 8.98. The largest absolute Gasteiger partial charge is 0.497 e. The molecule has 2 atom stereocenters. The summed E-state index contributed by atoms with van der Waals surface area (Å²) in [7, 11) is 5.20. The van der Waals surface area contributed by atoms with Gasteiger partial charge in [0.2, 0.25) is 0 Å². The zero-order chi connectivity index (χ0) is 17.3. The number of ether oxygens (including phenoxy) is 3. The molecule has 142 valence electrons. The summed E-state index contributed by atoms with van der Waals surface area (Å²) < 4.78 is 16.4. The summed E-state index contributed by atoms with van der Waals surface area (Å²) in [4.78, 5) is 2.58. The third-order valence-corrected chi connectivity index (χ3v) is 6.17. The van der Waals surface area contributed by atoms with Crippen LogP contribution in [-0.4, -0.2) is 51.7 Å². The fraction of sp³-hybridized carbons (Fsp3) is 0.700. The molecule has 0 unspecified atom stereocenters. The predicted octanol–water partition coefficient (Wildman–Crippen LogP) is 3.65. The summed E-state index contributed by atoms with van der Waals surface area (Å²) in [5, 5.41) is 0. The van der Waals surface area contributed by atoms with Gasteiger partial charge < -0.3 is 14.2 Å². The molecular weight excluding hydrogens is 338 g/mol. The zero-order valence-electron chi connectivity index (χ0n) is 16.1. The first kappa shape index (κ1) is 20.5. The highest BCUT2D eigenvalue weighted by atomic mass is 35.5. The molecule has 1 aromatic rings. The fourth-order valence-electron chi connectivity index (χ4n) is 4.79. The molecule has 0 amide bonds. The first-order chi connectivity index (χ1) is 11.5. The Hall–Kier alpha value is -0.810. The first-order valence-electron chi connectivity index (χ1n) is 8.98. The lowest BCUT2D eigenvalue weighted by Gasteiger charge is -2.52. The molecule has 0 N–H and O–H groups in total. The molecule has 0 radical (unpaired) electrons. The zero-order valence-corrected chi connectivity index (χ0v) is 16.9. The van der Waals surface area contributed by atoms with Crippen molar-refractivity contribution >= 4 is 12.4 Å². The molecule has 0 spiro atoms. The van der Waals surface area contributed by atoms with Crippen molar-refractivity contribution in [3.05, 3.63) is 29.3 Å². The van der Waals surface area contributed by atoms with Gasteiger partial charge in [0.1, 0.15) is 5.75 Å². The fourth-order valence-corrected chi connectivity index (χ4v) is 4.79. The second kappa shape index (κ2) is 8.26. The van der Waals surface area contributed by atoms with Crippen LogP contribution in [-0.2, 0) is 21.3 Å². The quantitative estimate of drug-likeness (QED) is 0.741. The molecule has 0 saturated carbocycles. The van der Waals surface area contributed by atoms with Crippen molar-refractivity contribution in [2.24, 2.45) is 5.92 Å². The van der Waals surface area contributed by atoms with Crippen LogP contribution in [0.3, 0.4) is 0 Å². The molecule has 1 saturated heterocycles. The minimum Gasteiger partial charge on any atom is -0.497 e. The summed E-state index contributed by atoms with van der Waals surface area (Å²) in [6.45, 7) is 6.77. The van der Waals surface area contributed by atoms with Gasteiger partial charge in [-0.3, -0.25) is 4.90 Å². The number of piperidine rings is 1. The van der Waals surface area contributed by atoms with Gasteiger partial charge in [-0.2, -0.15) is 0 Å². The molecule has 1 aromatic carbocycles. The standard InChI is InChI=1S/C20H31NO3.ClH/c1-20(2)16-7-6-10-21(13-19(23-4)24-5)18(16)11-14-8-9-15(22-3)12-17(14)20;/h8-9,12,16,18-19H,6-7,10-11,13H2,1-5H3;1H/t16-,18+;/m1./s1. The number of nitrogens with zero attached hydrogens (tertiary/aromatic N) is 1. The van der Waals surface area contributed by atoms with Gasteiger partial charge in [0, 0.05) is 26.8 Å². The molecule has 3 rings (SSSR count). The van der Waals surface area contributed by atoms with E-state index in [9.17, 15) is 0 Å². The Kier molecular flexibility index (Phi) is 6.77. The van der Waals surface area contributed by atoms with Crippen molar-refractivity contribution in [2.75, 3.05) is 34.4 Å². The van der Waals surface area contributed by atoms with E-state index in [1.54, 1.807) is 21.3 Å². The van der Waals surface area contributed by atoms with Crippen LogP contribution in [0.5, 0.6) is 5.75 Å². The Labute approximate surface area is 158 Å². The molecule has 0 bridgehead atoms. The number of rotatable bonds is 5. The average Bonchev–Trinajstić information content (AvgIpc) is 2.60. The third-order valence-electron chi connectivity index (χ3n) is 6.17. The molecule has 4 nitrogen and oxygen atoms in total. The van der Waals surface area contributed by atoms with E-state index < -0.39 is 0 Å². The Morgan fingerprint density at radius 3 is 2.56 bits per heavy atom. The van der Waals surface area contributed by atoms with E-state index >= 15 is 0 Å². The van der Waals surface area contributed by atoms with E-state index in [-0.39, 0.29) is 24.1 Å². The second-order valence-corrected chi connectivity index (χ2v) is 7.66. The van der Waals surface area contributed by atoms with Gasteiger partial charge in [-0.15, -0.1) is 12.4 Å². The molecule has 2 aliphatic rings. The van der Waals surface area contributed by atoms with Crippen molar-refractivity contribution in [1.82, 2.24) is 4.90 Å². The van der Waals surface area contributed by atoms with Gasteiger partial charge in [0.25, 0.3) is 0 Å². The van der Waals surface area contributed by atoms with Gasteiger partial charge in [0.15, 0.2) is 6.29 Å². The highest BCUT2D eigenvalue weighted by Crippen LogP contribution is 2.47. The van der Waals surface area contributed by atoms with Crippen LogP contribution in [0.1, 0.15) is 37.8 Å². The van der Waals surface area contributed by atoms with Crippen LogP contribution in [0.2, 0.25) is 0 Å². The number of likely N-dealkylation sites (tertiary alicyclic amines) is 1. The molecule has 25 heavy (non-hydrogen) atoms. The SMILES string of the molecule is COc1ccc2c(c1)C(C)(C)[C@@H]1CCCN(CC(OC)OC)[C@H]1C2.Cl. The van der Waals surface area contributed by atoms with Gasteiger partial charge in [-0.05, 0) is 60.4 Å². The lowest BCUT2D eigenvalue weighted by Crippen LogP contribution is -2.56. The Morgan fingerprint density at radius 1 is 1.20 bits per heavy atom. The lowest BCUT2D eigenvalue weighted by molar-refractivity contribution is -0.129. The third kappa shape index (κ3) is 3.82. The summed E-state index contributed by atoms with van der Waals surface area (Å²) in [6.07, 6.45) is 3.48. The number of benzene rings is 1. The second-order valence-electron chi connectivity index (χ2n) is 7.66. The van der Waals surface area contributed by atoms with Crippen molar-refractivity contribution in [1.29, 1.82) is 0 Å². The molecule has 1 fully saturated rings. The minimum atomic E-state index is -0.149. The van der Waals surface area contributed by atoms with Gasteiger partial charge >= 0.3 is 0 Å². The maximum atomic E-state index is 5.47. The monoisotopic (exact) mass is 369 g/mol. The lowest BCUT2D eigenvalue weighted by atomic mass is 9.60. The Morgan fingerprint density at radius 2 is 1.92 bits per heavy atom. The predicted molar refractivity (Wildman–Crippen MR) is 103 cm³/mol.